The molecule has 0 N–H and O–H groups in total. The monoisotopic (exact) mass is 385 g/mol. The Morgan fingerprint density at radius 3 is 1.89 bits per heavy atom. The summed E-state index contributed by atoms with van der Waals surface area (Å²) in [6, 6.07) is 19.4. The van der Waals surface area contributed by atoms with Crippen molar-refractivity contribution in [2.75, 3.05) is 13.1 Å². The van der Waals surface area contributed by atoms with Crippen molar-refractivity contribution in [3.05, 3.63) is 71.8 Å². The molecular weight excluding hydrogens is 358 g/mol. The quantitative estimate of drug-likeness (QED) is 0.807. The maximum Gasteiger partial charge on any atom is 0.234 e. The molecule has 1 heterocycles. The van der Waals surface area contributed by atoms with Crippen LogP contribution in [-0.4, -0.2) is 42.3 Å². The van der Waals surface area contributed by atoms with Gasteiger partial charge in [0, 0.05) is 13.1 Å². The van der Waals surface area contributed by atoms with Crippen molar-refractivity contribution in [1.29, 1.82) is 0 Å². The molecule has 1 saturated heterocycles. The number of carbonyl (C=O) groups is 1. The number of likely N-dealkylation sites (tertiary alicyclic amines) is 1. The Balaban J connectivity index is 1.88. The van der Waals surface area contributed by atoms with Gasteiger partial charge in [0.2, 0.25) is 5.91 Å². The van der Waals surface area contributed by atoms with Crippen LogP contribution in [0.1, 0.15) is 44.2 Å². The SMILES string of the molecule is CC(C)(C)S(=O)(=O)[C@@H]1CCN(C(=O)C(c2ccccc2)c2ccccc2)C1. The molecule has 27 heavy (non-hydrogen) atoms. The first-order chi connectivity index (χ1) is 12.7. The van der Waals surface area contributed by atoms with E-state index in [1.807, 2.05) is 60.7 Å². The second kappa shape index (κ2) is 7.47. The lowest BCUT2D eigenvalue weighted by Gasteiger charge is -2.26. The fraction of sp³-hybridized carbons (Fsp3) is 0.409. The molecule has 0 spiro atoms. The number of rotatable bonds is 4. The van der Waals surface area contributed by atoms with Gasteiger partial charge in [-0.15, -0.1) is 0 Å². The van der Waals surface area contributed by atoms with Crippen LogP contribution < -0.4 is 0 Å². The van der Waals surface area contributed by atoms with Crippen LogP contribution in [0.25, 0.3) is 0 Å². The molecule has 2 aromatic rings. The Morgan fingerprint density at radius 2 is 1.44 bits per heavy atom. The van der Waals surface area contributed by atoms with E-state index in [1.165, 1.54) is 0 Å². The third kappa shape index (κ3) is 3.93. The summed E-state index contributed by atoms with van der Waals surface area (Å²) in [6.07, 6.45) is 0.502. The molecule has 1 atom stereocenters. The zero-order valence-corrected chi connectivity index (χ0v) is 16.9. The minimum atomic E-state index is -3.29. The summed E-state index contributed by atoms with van der Waals surface area (Å²) in [6.45, 7) is 5.93. The molecule has 144 valence electrons. The molecule has 1 amide bonds. The van der Waals surface area contributed by atoms with Crippen molar-refractivity contribution in [1.82, 2.24) is 4.90 Å². The van der Waals surface area contributed by atoms with Gasteiger partial charge in [0.05, 0.1) is 15.9 Å². The van der Waals surface area contributed by atoms with Gasteiger partial charge in [-0.05, 0) is 38.3 Å². The van der Waals surface area contributed by atoms with E-state index in [1.54, 1.807) is 25.7 Å². The van der Waals surface area contributed by atoms with Crippen molar-refractivity contribution in [3.63, 3.8) is 0 Å². The molecule has 5 heteroatoms. The third-order valence-electron chi connectivity index (χ3n) is 5.26. The average molecular weight is 386 g/mol. The number of amides is 1. The van der Waals surface area contributed by atoms with Gasteiger partial charge in [0.1, 0.15) is 0 Å². The highest BCUT2D eigenvalue weighted by Gasteiger charge is 2.43. The minimum absolute atomic E-state index is 0.0287. The molecule has 0 saturated carbocycles. The zero-order chi connectivity index (χ0) is 19.7. The zero-order valence-electron chi connectivity index (χ0n) is 16.1. The van der Waals surface area contributed by atoms with Crippen LogP contribution in [0.5, 0.6) is 0 Å². The summed E-state index contributed by atoms with van der Waals surface area (Å²) in [5, 5.41) is -0.492. The predicted octanol–water partition coefficient (Wildman–Crippen LogP) is 3.63. The van der Waals surface area contributed by atoms with Crippen molar-refractivity contribution >= 4 is 15.7 Å². The Morgan fingerprint density at radius 1 is 0.963 bits per heavy atom. The van der Waals surface area contributed by atoms with Gasteiger partial charge in [-0.1, -0.05) is 60.7 Å². The summed E-state index contributed by atoms with van der Waals surface area (Å²) in [5.41, 5.74) is 1.85. The summed E-state index contributed by atoms with van der Waals surface area (Å²) < 4.78 is 24.8. The summed E-state index contributed by atoms with van der Waals surface area (Å²) in [5.74, 6) is -0.442. The van der Waals surface area contributed by atoms with Crippen molar-refractivity contribution < 1.29 is 13.2 Å². The molecule has 2 aromatic carbocycles. The lowest BCUT2D eigenvalue weighted by atomic mass is 9.90. The molecule has 1 aliphatic heterocycles. The maximum atomic E-state index is 13.4. The highest BCUT2D eigenvalue weighted by molar-refractivity contribution is 7.93. The topological polar surface area (TPSA) is 54.5 Å². The number of benzene rings is 2. The van der Waals surface area contributed by atoms with Crippen molar-refractivity contribution in [2.45, 2.75) is 43.1 Å². The minimum Gasteiger partial charge on any atom is -0.341 e. The largest absolute Gasteiger partial charge is 0.341 e. The smallest absolute Gasteiger partial charge is 0.234 e. The Labute approximate surface area is 162 Å². The Kier molecular flexibility index (Phi) is 5.43. The normalized spacial score (nSPS) is 18.1. The van der Waals surface area contributed by atoms with E-state index in [4.69, 9.17) is 0 Å². The number of sulfone groups is 1. The third-order valence-corrected chi connectivity index (χ3v) is 8.23. The molecule has 1 aliphatic rings. The first kappa shape index (κ1) is 19.6. The Hall–Kier alpha value is -2.14. The van der Waals surface area contributed by atoms with Crippen LogP contribution in [0.3, 0.4) is 0 Å². The molecule has 0 bridgehead atoms. The fourth-order valence-electron chi connectivity index (χ4n) is 3.63. The molecular formula is C22H27NO3S. The van der Waals surface area contributed by atoms with Crippen LogP contribution in [-0.2, 0) is 14.6 Å². The second-order valence-electron chi connectivity index (χ2n) is 8.11. The van der Waals surface area contributed by atoms with Crippen LogP contribution in [0.15, 0.2) is 60.7 Å². The van der Waals surface area contributed by atoms with Crippen LogP contribution in [0.2, 0.25) is 0 Å². The van der Waals surface area contributed by atoms with E-state index >= 15 is 0 Å². The van der Waals surface area contributed by atoms with Gasteiger partial charge in [-0.25, -0.2) is 8.42 Å². The highest BCUT2D eigenvalue weighted by Crippen LogP contribution is 2.31. The van der Waals surface area contributed by atoms with E-state index in [9.17, 15) is 13.2 Å². The lowest BCUT2D eigenvalue weighted by Crippen LogP contribution is -2.40. The van der Waals surface area contributed by atoms with Gasteiger partial charge >= 0.3 is 0 Å². The maximum absolute atomic E-state index is 13.4. The van der Waals surface area contributed by atoms with Gasteiger partial charge in [-0.3, -0.25) is 4.79 Å². The summed E-state index contributed by atoms with van der Waals surface area (Å²) in [7, 11) is -3.29. The van der Waals surface area contributed by atoms with E-state index in [0.29, 0.717) is 13.0 Å². The van der Waals surface area contributed by atoms with Crippen LogP contribution >= 0.6 is 0 Å². The van der Waals surface area contributed by atoms with Gasteiger partial charge in [0.15, 0.2) is 9.84 Å². The van der Waals surface area contributed by atoms with Crippen LogP contribution in [0, 0.1) is 0 Å². The fourth-order valence-corrected chi connectivity index (χ4v) is 5.42. The van der Waals surface area contributed by atoms with Gasteiger partial charge in [-0.2, -0.15) is 0 Å². The highest BCUT2D eigenvalue weighted by atomic mass is 32.2. The van der Waals surface area contributed by atoms with Gasteiger partial charge in [0.25, 0.3) is 0 Å². The molecule has 3 rings (SSSR count). The van der Waals surface area contributed by atoms with E-state index in [0.717, 1.165) is 11.1 Å². The second-order valence-corrected chi connectivity index (χ2v) is 11.1. The average Bonchev–Trinajstić information content (AvgIpc) is 3.14. The molecule has 0 aliphatic carbocycles. The molecule has 0 aromatic heterocycles. The number of hydrogen-bond acceptors (Lipinski definition) is 3. The molecule has 4 nitrogen and oxygen atoms in total. The summed E-state index contributed by atoms with van der Waals surface area (Å²) >= 11 is 0. The molecule has 1 fully saturated rings. The lowest BCUT2D eigenvalue weighted by molar-refractivity contribution is -0.130. The number of hydrogen-bond donors (Lipinski definition) is 0. The summed E-state index contributed by atoms with van der Waals surface area (Å²) in [4.78, 5) is 15.1. The standard InChI is InChI=1S/C22H27NO3S/c1-22(2,3)27(25,26)19-14-15-23(16-19)21(24)20(17-10-6-4-7-11-17)18-12-8-5-9-13-18/h4-13,19-20H,14-16H2,1-3H3/t19-/m1/s1. The van der Waals surface area contributed by atoms with E-state index in [-0.39, 0.29) is 12.5 Å². The number of carbonyl (C=O) groups excluding carboxylic acids is 1. The van der Waals surface area contributed by atoms with Crippen molar-refractivity contribution in [3.8, 4) is 0 Å². The number of nitrogens with zero attached hydrogens (tertiary/aromatic N) is 1. The molecule has 0 radical (unpaired) electrons. The predicted molar refractivity (Wildman–Crippen MR) is 108 cm³/mol. The first-order valence-electron chi connectivity index (χ1n) is 9.34. The Bertz CT molecular complexity index is 847. The van der Waals surface area contributed by atoms with Gasteiger partial charge < -0.3 is 4.90 Å². The van der Waals surface area contributed by atoms with E-state index in [2.05, 4.69) is 0 Å². The van der Waals surface area contributed by atoms with Crippen LogP contribution in [0.4, 0.5) is 0 Å². The van der Waals surface area contributed by atoms with E-state index < -0.39 is 25.8 Å². The van der Waals surface area contributed by atoms with Crippen molar-refractivity contribution in [2.24, 2.45) is 0 Å². The molecule has 0 unspecified atom stereocenters. The first-order valence-corrected chi connectivity index (χ1v) is 10.9.